The summed E-state index contributed by atoms with van der Waals surface area (Å²) in [6.07, 6.45) is -1.43. The smallest absolute Gasteiger partial charge is 0.366 e. The highest BCUT2D eigenvalue weighted by Crippen LogP contribution is 2.30. The standard InChI is InChI=1S/C12H10F3N3O/c1-7-5-18(6-17-7)10-3-8(11(16)19)2-9(4-10)12(13,14)15/h2-6H,1H3,(H2,16,19)/p+1. The normalized spacial score (nSPS) is 11.6. The number of primary amides is 1. The van der Waals surface area contributed by atoms with Gasteiger partial charge in [0.15, 0.2) is 0 Å². The fourth-order valence-corrected chi connectivity index (χ4v) is 1.67. The second-order valence-electron chi connectivity index (χ2n) is 4.12. The molecule has 0 fully saturated rings. The van der Waals surface area contributed by atoms with Gasteiger partial charge in [0.25, 0.3) is 0 Å². The van der Waals surface area contributed by atoms with Crippen LogP contribution in [0, 0.1) is 6.92 Å². The molecular weight excluding hydrogens is 259 g/mol. The molecule has 0 atom stereocenters. The number of halogens is 3. The Balaban J connectivity index is 2.61. The van der Waals surface area contributed by atoms with E-state index in [4.69, 9.17) is 5.73 Å². The number of H-pyrrole nitrogens is 1. The number of hydrogen-bond acceptors (Lipinski definition) is 1. The van der Waals surface area contributed by atoms with Gasteiger partial charge >= 0.3 is 6.18 Å². The first-order chi connectivity index (χ1) is 8.77. The molecule has 2 aromatic rings. The molecule has 0 aliphatic carbocycles. The van der Waals surface area contributed by atoms with E-state index in [1.165, 1.54) is 17.0 Å². The maximum Gasteiger partial charge on any atom is 0.416 e. The van der Waals surface area contributed by atoms with Gasteiger partial charge < -0.3 is 5.73 Å². The molecule has 2 rings (SSSR count). The van der Waals surface area contributed by atoms with E-state index in [1.54, 1.807) is 13.1 Å². The summed E-state index contributed by atoms with van der Waals surface area (Å²) in [6, 6.07) is 3.01. The van der Waals surface area contributed by atoms with Gasteiger partial charge in [-0.1, -0.05) is 0 Å². The van der Waals surface area contributed by atoms with Crippen LogP contribution in [-0.4, -0.2) is 10.9 Å². The fourth-order valence-electron chi connectivity index (χ4n) is 1.67. The molecule has 0 aliphatic rings. The summed E-state index contributed by atoms with van der Waals surface area (Å²) in [5.41, 5.74) is 4.95. The number of amides is 1. The Kier molecular flexibility index (Phi) is 3.05. The summed E-state index contributed by atoms with van der Waals surface area (Å²) in [5, 5.41) is 0. The number of aromatic amines is 1. The molecule has 0 unspecified atom stereocenters. The minimum Gasteiger partial charge on any atom is -0.366 e. The highest BCUT2D eigenvalue weighted by Gasteiger charge is 2.32. The average Bonchev–Trinajstić information content (AvgIpc) is 2.74. The van der Waals surface area contributed by atoms with Crippen molar-refractivity contribution in [3.63, 3.8) is 0 Å². The first-order valence-corrected chi connectivity index (χ1v) is 5.36. The van der Waals surface area contributed by atoms with Crippen LogP contribution in [0.15, 0.2) is 30.7 Å². The summed E-state index contributed by atoms with van der Waals surface area (Å²) in [5.74, 6) is -0.903. The molecule has 1 amide bonds. The minimum atomic E-state index is -4.54. The molecule has 0 saturated carbocycles. The number of benzene rings is 1. The third-order valence-corrected chi connectivity index (χ3v) is 2.59. The number of alkyl halides is 3. The zero-order valence-corrected chi connectivity index (χ0v) is 9.95. The molecule has 0 spiro atoms. The number of rotatable bonds is 2. The Bertz CT molecular complexity index is 631. The number of carbonyl (C=O) groups excluding carboxylic acids is 1. The van der Waals surface area contributed by atoms with Gasteiger partial charge in [0, 0.05) is 12.5 Å². The van der Waals surface area contributed by atoms with Crippen LogP contribution in [0.2, 0.25) is 0 Å². The zero-order valence-electron chi connectivity index (χ0n) is 9.95. The second kappa shape index (κ2) is 4.42. The maximum absolute atomic E-state index is 12.8. The predicted octanol–water partition coefficient (Wildman–Crippen LogP) is 1.72. The Morgan fingerprint density at radius 2 is 2.00 bits per heavy atom. The number of carbonyl (C=O) groups is 1. The molecule has 0 bridgehead atoms. The molecule has 0 aliphatic heterocycles. The van der Waals surface area contributed by atoms with E-state index in [2.05, 4.69) is 4.98 Å². The molecule has 7 heteroatoms. The SMILES string of the molecule is Cc1c[n+](-c2cc(C(N)=O)cc(C(F)(F)F)c2)c[nH]1. The van der Waals surface area contributed by atoms with Crippen LogP contribution in [0.25, 0.3) is 5.69 Å². The molecule has 1 aromatic heterocycles. The van der Waals surface area contributed by atoms with Crippen molar-refractivity contribution in [2.45, 2.75) is 13.1 Å². The molecule has 0 radical (unpaired) electrons. The topological polar surface area (TPSA) is 62.8 Å². The second-order valence-corrected chi connectivity index (χ2v) is 4.12. The summed E-state index contributed by atoms with van der Waals surface area (Å²) in [7, 11) is 0. The Morgan fingerprint density at radius 1 is 1.32 bits per heavy atom. The van der Waals surface area contributed by atoms with Crippen LogP contribution in [0.4, 0.5) is 13.2 Å². The van der Waals surface area contributed by atoms with Gasteiger partial charge in [-0.05, 0) is 18.2 Å². The van der Waals surface area contributed by atoms with Gasteiger partial charge in [0.1, 0.15) is 17.6 Å². The molecule has 0 saturated heterocycles. The first kappa shape index (κ1) is 13.1. The number of imidazole rings is 1. The number of hydrogen-bond donors (Lipinski definition) is 2. The maximum atomic E-state index is 12.8. The fraction of sp³-hybridized carbons (Fsp3) is 0.167. The highest BCUT2D eigenvalue weighted by molar-refractivity contribution is 5.93. The number of aryl methyl sites for hydroxylation is 1. The number of nitrogens with two attached hydrogens (primary N) is 1. The quantitative estimate of drug-likeness (QED) is 0.802. The number of aromatic nitrogens is 2. The molecule has 3 N–H and O–H groups in total. The van der Waals surface area contributed by atoms with E-state index in [0.717, 1.165) is 17.8 Å². The Morgan fingerprint density at radius 3 is 2.47 bits per heavy atom. The number of nitrogens with one attached hydrogen (secondary N) is 1. The minimum absolute atomic E-state index is 0.184. The van der Waals surface area contributed by atoms with Crippen LogP contribution in [0.3, 0.4) is 0 Å². The molecule has 1 aromatic carbocycles. The van der Waals surface area contributed by atoms with E-state index in [-0.39, 0.29) is 11.3 Å². The Labute approximate surface area is 106 Å². The van der Waals surface area contributed by atoms with Crippen molar-refractivity contribution >= 4 is 5.91 Å². The van der Waals surface area contributed by atoms with E-state index >= 15 is 0 Å². The van der Waals surface area contributed by atoms with Crippen LogP contribution in [0.1, 0.15) is 21.6 Å². The molecule has 1 heterocycles. The van der Waals surface area contributed by atoms with Crippen molar-refractivity contribution in [2.75, 3.05) is 0 Å². The lowest BCUT2D eigenvalue weighted by atomic mass is 10.1. The van der Waals surface area contributed by atoms with Crippen molar-refractivity contribution in [3.05, 3.63) is 47.5 Å². The molecular formula is C12H11F3N3O+. The summed E-state index contributed by atoms with van der Waals surface area (Å²) >= 11 is 0. The van der Waals surface area contributed by atoms with Gasteiger partial charge in [-0.15, -0.1) is 0 Å². The van der Waals surface area contributed by atoms with Crippen molar-refractivity contribution in [3.8, 4) is 5.69 Å². The van der Waals surface area contributed by atoms with Gasteiger partial charge in [0.05, 0.1) is 5.56 Å². The zero-order chi connectivity index (χ0) is 14.2. The van der Waals surface area contributed by atoms with Gasteiger partial charge in [-0.2, -0.15) is 13.2 Å². The highest BCUT2D eigenvalue weighted by atomic mass is 19.4. The van der Waals surface area contributed by atoms with Crippen LogP contribution < -0.4 is 10.3 Å². The van der Waals surface area contributed by atoms with Gasteiger partial charge in [0.2, 0.25) is 12.2 Å². The van der Waals surface area contributed by atoms with Gasteiger partial charge in [-0.25, -0.2) is 9.55 Å². The van der Waals surface area contributed by atoms with Crippen molar-refractivity contribution in [2.24, 2.45) is 5.73 Å². The summed E-state index contributed by atoms with van der Waals surface area (Å²) < 4.78 is 39.7. The van der Waals surface area contributed by atoms with Crippen molar-refractivity contribution < 1.29 is 22.5 Å². The van der Waals surface area contributed by atoms with Crippen LogP contribution in [-0.2, 0) is 6.18 Å². The van der Waals surface area contributed by atoms with E-state index in [1.807, 2.05) is 0 Å². The lowest BCUT2D eigenvalue weighted by molar-refractivity contribution is -0.594. The largest absolute Gasteiger partial charge is 0.416 e. The monoisotopic (exact) mass is 270 g/mol. The van der Waals surface area contributed by atoms with E-state index in [9.17, 15) is 18.0 Å². The van der Waals surface area contributed by atoms with E-state index in [0.29, 0.717) is 0 Å². The molecule has 4 nitrogen and oxygen atoms in total. The summed E-state index contributed by atoms with van der Waals surface area (Å²) in [6.45, 7) is 1.76. The lowest BCUT2D eigenvalue weighted by Crippen LogP contribution is -2.28. The predicted molar refractivity (Wildman–Crippen MR) is 60.6 cm³/mol. The molecule has 100 valence electrons. The van der Waals surface area contributed by atoms with Gasteiger partial charge in [-0.3, -0.25) is 4.79 Å². The average molecular weight is 270 g/mol. The van der Waals surface area contributed by atoms with E-state index < -0.39 is 17.6 Å². The third kappa shape index (κ3) is 2.75. The summed E-state index contributed by atoms with van der Waals surface area (Å²) in [4.78, 5) is 13.9. The first-order valence-electron chi connectivity index (χ1n) is 5.36. The van der Waals surface area contributed by atoms with Crippen LogP contribution >= 0.6 is 0 Å². The molecule has 19 heavy (non-hydrogen) atoms. The van der Waals surface area contributed by atoms with Crippen molar-refractivity contribution in [1.29, 1.82) is 0 Å². The Hall–Kier alpha value is -2.31. The lowest BCUT2D eigenvalue weighted by Gasteiger charge is -2.09. The van der Waals surface area contributed by atoms with Crippen LogP contribution in [0.5, 0.6) is 0 Å². The number of nitrogens with zero attached hydrogens (tertiary/aromatic N) is 1. The third-order valence-electron chi connectivity index (χ3n) is 2.59. The van der Waals surface area contributed by atoms with Crippen molar-refractivity contribution in [1.82, 2.24) is 4.98 Å².